The number of amides is 1. The molecule has 2 aromatic rings. The number of rotatable bonds is 6. The van der Waals surface area contributed by atoms with Crippen LogP contribution in [0.25, 0.3) is 0 Å². The average molecular weight is 340 g/mol. The molecule has 0 aromatic heterocycles. The summed E-state index contributed by atoms with van der Waals surface area (Å²) >= 11 is 0. The quantitative estimate of drug-likeness (QED) is 0.597. The summed E-state index contributed by atoms with van der Waals surface area (Å²) in [6.07, 6.45) is 0.848. The smallest absolute Gasteiger partial charge is 0.282 e. The lowest BCUT2D eigenvalue weighted by Crippen LogP contribution is -2.29. The molecule has 1 amide bonds. The second-order valence-corrected chi connectivity index (χ2v) is 6.18. The molecule has 1 heterocycles. The molecular formula is C19H20N2O4. The van der Waals surface area contributed by atoms with E-state index in [-0.39, 0.29) is 23.1 Å². The first kappa shape index (κ1) is 17.1. The van der Waals surface area contributed by atoms with Crippen LogP contribution in [0.1, 0.15) is 22.3 Å². The standard InChI is InChI=1S/C19H20N2O4/c22-19(17-8-4-5-9-18(17)21(23)24)20-11-10-16(12-20)14-25-13-15-6-2-1-3-7-15/h1-9,16H,10-14H2. The van der Waals surface area contributed by atoms with E-state index in [9.17, 15) is 14.9 Å². The zero-order valence-electron chi connectivity index (χ0n) is 13.8. The molecule has 6 heteroatoms. The van der Waals surface area contributed by atoms with Gasteiger partial charge in [-0.3, -0.25) is 14.9 Å². The lowest BCUT2D eigenvalue weighted by molar-refractivity contribution is -0.385. The zero-order valence-corrected chi connectivity index (χ0v) is 13.8. The van der Waals surface area contributed by atoms with Gasteiger partial charge in [-0.15, -0.1) is 0 Å². The van der Waals surface area contributed by atoms with Gasteiger partial charge in [-0.25, -0.2) is 0 Å². The topological polar surface area (TPSA) is 72.7 Å². The maximum Gasteiger partial charge on any atom is 0.282 e. The molecule has 1 aliphatic rings. The van der Waals surface area contributed by atoms with Crippen molar-refractivity contribution < 1.29 is 14.5 Å². The van der Waals surface area contributed by atoms with Gasteiger partial charge in [-0.2, -0.15) is 0 Å². The fourth-order valence-electron chi connectivity index (χ4n) is 3.05. The minimum absolute atomic E-state index is 0.142. The lowest BCUT2D eigenvalue weighted by atomic mass is 10.1. The van der Waals surface area contributed by atoms with Crippen LogP contribution in [0.3, 0.4) is 0 Å². The number of para-hydroxylation sites is 1. The molecule has 0 spiro atoms. The van der Waals surface area contributed by atoms with Gasteiger partial charge in [0, 0.05) is 25.1 Å². The molecule has 6 nitrogen and oxygen atoms in total. The molecule has 0 radical (unpaired) electrons. The highest BCUT2D eigenvalue weighted by atomic mass is 16.6. The fourth-order valence-corrected chi connectivity index (χ4v) is 3.05. The van der Waals surface area contributed by atoms with Crippen LogP contribution in [0.15, 0.2) is 54.6 Å². The van der Waals surface area contributed by atoms with E-state index in [4.69, 9.17) is 4.74 Å². The predicted octanol–water partition coefficient (Wildman–Crippen LogP) is 3.27. The maximum absolute atomic E-state index is 12.6. The first-order valence-electron chi connectivity index (χ1n) is 8.29. The second kappa shape index (κ2) is 7.90. The van der Waals surface area contributed by atoms with Crippen molar-refractivity contribution in [3.8, 4) is 0 Å². The largest absolute Gasteiger partial charge is 0.376 e. The molecule has 1 unspecified atom stereocenters. The predicted molar refractivity (Wildman–Crippen MR) is 93.2 cm³/mol. The van der Waals surface area contributed by atoms with Crippen LogP contribution in [0.2, 0.25) is 0 Å². The van der Waals surface area contributed by atoms with E-state index in [2.05, 4.69) is 0 Å². The first-order valence-corrected chi connectivity index (χ1v) is 8.29. The fraction of sp³-hybridized carbons (Fsp3) is 0.316. The summed E-state index contributed by atoms with van der Waals surface area (Å²) in [7, 11) is 0. The van der Waals surface area contributed by atoms with Crippen LogP contribution in [0.4, 0.5) is 5.69 Å². The number of likely N-dealkylation sites (tertiary alicyclic amines) is 1. The van der Waals surface area contributed by atoms with Crippen molar-refractivity contribution in [2.24, 2.45) is 5.92 Å². The average Bonchev–Trinajstić information content (AvgIpc) is 3.11. The molecule has 0 saturated carbocycles. The summed E-state index contributed by atoms with van der Waals surface area (Å²) in [6, 6.07) is 16.0. The lowest BCUT2D eigenvalue weighted by Gasteiger charge is -2.16. The van der Waals surface area contributed by atoms with Crippen molar-refractivity contribution in [2.75, 3.05) is 19.7 Å². The molecule has 1 aliphatic heterocycles. The van der Waals surface area contributed by atoms with Crippen LogP contribution < -0.4 is 0 Å². The molecular weight excluding hydrogens is 320 g/mol. The molecule has 1 atom stereocenters. The summed E-state index contributed by atoms with van der Waals surface area (Å²) in [5, 5.41) is 11.1. The number of nitro groups is 1. The number of nitrogens with zero attached hydrogens (tertiary/aromatic N) is 2. The third-order valence-corrected chi connectivity index (χ3v) is 4.37. The van der Waals surface area contributed by atoms with Gasteiger partial charge >= 0.3 is 0 Å². The van der Waals surface area contributed by atoms with Crippen molar-refractivity contribution in [2.45, 2.75) is 13.0 Å². The van der Waals surface area contributed by atoms with Crippen LogP contribution in [-0.2, 0) is 11.3 Å². The summed E-state index contributed by atoms with van der Waals surface area (Å²) < 4.78 is 5.75. The van der Waals surface area contributed by atoms with Crippen molar-refractivity contribution >= 4 is 11.6 Å². The Kier molecular flexibility index (Phi) is 5.40. The zero-order chi connectivity index (χ0) is 17.6. The Bertz CT molecular complexity index is 748. The van der Waals surface area contributed by atoms with Gasteiger partial charge in [0.15, 0.2) is 0 Å². The van der Waals surface area contributed by atoms with Crippen molar-refractivity contribution in [1.29, 1.82) is 0 Å². The maximum atomic E-state index is 12.6. The minimum atomic E-state index is -0.510. The first-order chi connectivity index (χ1) is 12.1. The van der Waals surface area contributed by atoms with E-state index in [0.29, 0.717) is 26.3 Å². The van der Waals surface area contributed by atoms with Crippen molar-refractivity contribution in [1.82, 2.24) is 4.90 Å². The second-order valence-electron chi connectivity index (χ2n) is 6.18. The van der Waals surface area contributed by atoms with Crippen LogP contribution >= 0.6 is 0 Å². The van der Waals surface area contributed by atoms with Gasteiger partial charge in [0.05, 0.1) is 18.1 Å². The Labute approximate surface area is 146 Å². The number of carbonyl (C=O) groups excluding carboxylic acids is 1. The number of nitro benzene ring substituents is 1. The summed E-state index contributed by atoms with van der Waals surface area (Å²) in [5.74, 6) is -0.0201. The molecule has 0 aliphatic carbocycles. The van der Waals surface area contributed by atoms with Crippen molar-refractivity contribution in [3.63, 3.8) is 0 Å². The van der Waals surface area contributed by atoms with E-state index >= 15 is 0 Å². The summed E-state index contributed by atoms with van der Waals surface area (Å²) in [6.45, 7) is 2.30. The van der Waals surface area contributed by atoms with E-state index < -0.39 is 4.92 Å². The number of hydrogen-bond donors (Lipinski definition) is 0. The SMILES string of the molecule is O=C(c1ccccc1[N+](=O)[O-])N1CCC(COCc2ccccc2)C1. The molecule has 1 saturated heterocycles. The molecule has 0 bridgehead atoms. The third-order valence-electron chi connectivity index (χ3n) is 4.37. The summed E-state index contributed by atoms with van der Waals surface area (Å²) in [4.78, 5) is 24.9. The van der Waals surface area contributed by atoms with Gasteiger partial charge in [0.2, 0.25) is 0 Å². The molecule has 3 rings (SSSR count). The highest BCUT2D eigenvalue weighted by molar-refractivity contribution is 5.98. The molecule has 1 fully saturated rings. The highest BCUT2D eigenvalue weighted by Gasteiger charge is 2.30. The van der Waals surface area contributed by atoms with Gasteiger partial charge in [-0.05, 0) is 18.1 Å². The molecule has 2 aromatic carbocycles. The Morgan fingerprint density at radius 1 is 1.16 bits per heavy atom. The Morgan fingerprint density at radius 2 is 1.88 bits per heavy atom. The summed E-state index contributed by atoms with van der Waals surface area (Å²) in [5.41, 5.74) is 1.13. The minimum Gasteiger partial charge on any atom is -0.376 e. The van der Waals surface area contributed by atoms with Crippen LogP contribution in [0, 0.1) is 16.0 Å². The Balaban J connectivity index is 1.54. The molecule has 25 heavy (non-hydrogen) atoms. The normalized spacial score (nSPS) is 16.8. The Morgan fingerprint density at radius 3 is 2.64 bits per heavy atom. The van der Waals surface area contributed by atoms with Gasteiger partial charge in [-0.1, -0.05) is 42.5 Å². The van der Waals surface area contributed by atoms with Gasteiger partial charge in [0.1, 0.15) is 5.56 Å². The number of ether oxygens (including phenoxy) is 1. The number of benzene rings is 2. The van der Waals surface area contributed by atoms with Gasteiger partial charge in [0.25, 0.3) is 11.6 Å². The van der Waals surface area contributed by atoms with Crippen LogP contribution in [0.5, 0.6) is 0 Å². The Hall–Kier alpha value is -2.73. The highest BCUT2D eigenvalue weighted by Crippen LogP contribution is 2.24. The number of carbonyl (C=O) groups is 1. The van der Waals surface area contributed by atoms with E-state index in [1.54, 1.807) is 17.0 Å². The van der Waals surface area contributed by atoms with E-state index in [0.717, 1.165) is 12.0 Å². The van der Waals surface area contributed by atoms with Crippen LogP contribution in [-0.4, -0.2) is 35.4 Å². The van der Waals surface area contributed by atoms with E-state index in [1.807, 2.05) is 30.3 Å². The third kappa shape index (κ3) is 4.22. The molecule has 0 N–H and O–H groups in total. The molecule has 130 valence electrons. The van der Waals surface area contributed by atoms with Gasteiger partial charge < -0.3 is 9.64 Å². The van der Waals surface area contributed by atoms with Crippen molar-refractivity contribution in [3.05, 3.63) is 75.8 Å². The van der Waals surface area contributed by atoms with E-state index in [1.165, 1.54) is 12.1 Å². The monoisotopic (exact) mass is 340 g/mol. The number of hydrogen-bond acceptors (Lipinski definition) is 4.